The molecule has 1 unspecified atom stereocenters. The molecule has 1 aromatic heterocycles. The van der Waals surface area contributed by atoms with E-state index in [1.165, 1.54) is 6.33 Å². The van der Waals surface area contributed by atoms with Crippen molar-refractivity contribution in [2.45, 2.75) is 12.5 Å². The van der Waals surface area contributed by atoms with Crippen LogP contribution in [0.5, 0.6) is 0 Å². The van der Waals surface area contributed by atoms with Crippen molar-refractivity contribution >= 4 is 11.8 Å². The number of rotatable bonds is 7. The van der Waals surface area contributed by atoms with Crippen molar-refractivity contribution in [1.82, 2.24) is 15.3 Å². The first-order valence-corrected chi connectivity index (χ1v) is 6.19. The molecule has 0 saturated carbocycles. The number of carboxylic acids is 1. The van der Waals surface area contributed by atoms with Crippen LogP contribution in [0.3, 0.4) is 0 Å². The number of imidazole rings is 1. The van der Waals surface area contributed by atoms with Gasteiger partial charge in [-0.25, -0.2) is 4.98 Å². The number of carbonyl (C=O) groups excluding carboxylic acids is 1. The molecule has 0 saturated heterocycles. The molecule has 0 aliphatic carbocycles. The molecule has 1 aromatic carbocycles. The van der Waals surface area contributed by atoms with E-state index in [1.54, 1.807) is 30.5 Å². The zero-order valence-electron chi connectivity index (χ0n) is 10.7. The van der Waals surface area contributed by atoms with E-state index in [0.29, 0.717) is 11.3 Å². The van der Waals surface area contributed by atoms with Gasteiger partial charge in [-0.15, -0.1) is 0 Å². The summed E-state index contributed by atoms with van der Waals surface area (Å²) in [7, 11) is 0. The monoisotopic (exact) mass is 273 g/mol. The molecule has 104 valence electrons. The lowest BCUT2D eigenvalue weighted by Gasteiger charge is -2.12. The first kappa shape index (κ1) is 14.0. The van der Waals surface area contributed by atoms with Gasteiger partial charge < -0.3 is 10.1 Å². The number of nitrogens with zero attached hydrogens (tertiary/aromatic N) is 1. The second-order valence-corrected chi connectivity index (χ2v) is 4.33. The molecule has 0 aliphatic heterocycles. The van der Waals surface area contributed by atoms with E-state index in [1.807, 2.05) is 6.07 Å². The normalized spacial score (nSPS) is 12.0. The predicted octanol–water partition coefficient (Wildman–Crippen LogP) is 0.878. The van der Waals surface area contributed by atoms with Crippen LogP contribution < -0.4 is 5.32 Å². The summed E-state index contributed by atoms with van der Waals surface area (Å²) in [6.07, 6.45) is 3.35. The molecule has 0 fully saturated rings. The maximum atomic E-state index is 11.9. The van der Waals surface area contributed by atoms with Gasteiger partial charge in [0.05, 0.1) is 18.6 Å². The molecule has 3 N–H and O–H groups in total. The molecule has 20 heavy (non-hydrogen) atoms. The van der Waals surface area contributed by atoms with E-state index in [2.05, 4.69) is 15.3 Å². The molecule has 6 nitrogen and oxygen atoms in total. The number of hydrogen-bond acceptors (Lipinski definition) is 4. The van der Waals surface area contributed by atoms with Gasteiger partial charge in [-0.05, 0) is 0 Å². The lowest BCUT2D eigenvalue weighted by atomic mass is 10.1. The fraction of sp³-hybridized carbons (Fsp3) is 0.214. The minimum absolute atomic E-state index is 0.0224. The summed E-state index contributed by atoms with van der Waals surface area (Å²) in [6, 6.07) is 7.92. The van der Waals surface area contributed by atoms with E-state index in [0.717, 1.165) is 0 Å². The third-order valence-corrected chi connectivity index (χ3v) is 2.87. The number of carbonyl (C=O) groups is 2. The molecule has 2 rings (SSSR count). The molecule has 1 heterocycles. The minimum Gasteiger partial charge on any atom is -0.480 e. The predicted molar refractivity (Wildman–Crippen MR) is 72.5 cm³/mol. The van der Waals surface area contributed by atoms with E-state index in [-0.39, 0.29) is 18.7 Å². The Bertz CT molecular complexity index is 567. The molecule has 0 radical (unpaired) electrons. The van der Waals surface area contributed by atoms with Crippen molar-refractivity contribution in [3.8, 4) is 0 Å². The van der Waals surface area contributed by atoms with Crippen molar-refractivity contribution < 1.29 is 14.7 Å². The van der Waals surface area contributed by atoms with Crippen LogP contribution in [0.1, 0.15) is 16.1 Å². The van der Waals surface area contributed by atoms with Crippen molar-refractivity contribution in [1.29, 1.82) is 0 Å². The SMILES string of the molecule is O=C(CNC(Cc1c[nH]cn1)C(=O)O)c1ccccc1. The van der Waals surface area contributed by atoms with E-state index in [9.17, 15) is 9.59 Å². The molecular weight excluding hydrogens is 258 g/mol. The van der Waals surface area contributed by atoms with Crippen LogP contribution >= 0.6 is 0 Å². The van der Waals surface area contributed by atoms with E-state index in [4.69, 9.17) is 5.11 Å². The van der Waals surface area contributed by atoms with Crippen LogP contribution in [0.2, 0.25) is 0 Å². The quantitative estimate of drug-likeness (QED) is 0.651. The molecule has 0 amide bonds. The molecule has 0 spiro atoms. The average molecular weight is 273 g/mol. The lowest BCUT2D eigenvalue weighted by molar-refractivity contribution is -0.139. The van der Waals surface area contributed by atoms with Gasteiger partial charge in [-0.2, -0.15) is 0 Å². The fourth-order valence-electron chi connectivity index (χ4n) is 1.80. The van der Waals surface area contributed by atoms with Gasteiger partial charge in [0.25, 0.3) is 0 Å². The topological polar surface area (TPSA) is 95.1 Å². The number of H-pyrrole nitrogens is 1. The van der Waals surface area contributed by atoms with Gasteiger partial charge in [0.1, 0.15) is 6.04 Å². The first-order chi connectivity index (χ1) is 9.66. The lowest BCUT2D eigenvalue weighted by Crippen LogP contribution is -2.41. The van der Waals surface area contributed by atoms with Crippen molar-refractivity contribution in [2.75, 3.05) is 6.54 Å². The molecule has 0 bridgehead atoms. The number of aromatic nitrogens is 2. The Balaban J connectivity index is 1.92. The summed E-state index contributed by atoms with van der Waals surface area (Å²) < 4.78 is 0. The van der Waals surface area contributed by atoms with Crippen LogP contribution in [0.25, 0.3) is 0 Å². The fourth-order valence-corrected chi connectivity index (χ4v) is 1.80. The van der Waals surface area contributed by atoms with Gasteiger partial charge in [-0.3, -0.25) is 14.9 Å². The third kappa shape index (κ3) is 3.76. The molecule has 2 aromatic rings. The summed E-state index contributed by atoms with van der Waals surface area (Å²) in [5.74, 6) is -1.15. The Hall–Kier alpha value is -2.47. The number of carboxylic acid groups (broad SMARTS) is 1. The second-order valence-electron chi connectivity index (χ2n) is 4.33. The highest BCUT2D eigenvalue weighted by atomic mass is 16.4. The van der Waals surface area contributed by atoms with Crippen LogP contribution in [-0.2, 0) is 11.2 Å². The largest absolute Gasteiger partial charge is 0.480 e. The molecule has 0 aliphatic rings. The van der Waals surface area contributed by atoms with Gasteiger partial charge in [-0.1, -0.05) is 30.3 Å². The number of aromatic amines is 1. The molecule has 1 atom stereocenters. The highest BCUT2D eigenvalue weighted by molar-refractivity contribution is 5.97. The maximum absolute atomic E-state index is 11.9. The summed E-state index contributed by atoms with van der Waals surface area (Å²) in [4.78, 5) is 29.8. The van der Waals surface area contributed by atoms with Gasteiger partial charge in [0, 0.05) is 18.2 Å². The Morgan fingerprint density at radius 3 is 2.65 bits per heavy atom. The highest BCUT2D eigenvalue weighted by Crippen LogP contribution is 2.02. The minimum atomic E-state index is -1.01. The number of ketones is 1. The van der Waals surface area contributed by atoms with Crippen LogP contribution in [0.15, 0.2) is 42.9 Å². The summed E-state index contributed by atoms with van der Waals surface area (Å²) in [5.41, 5.74) is 1.20. The molecular formula is C14H15N3O3. The maximum Gasteiger partial charge on any atom is 0.321 e. The number of benzene rings is 1. The van der Waals surface area contributed by atoms with Crippen molar-refractivity contribution in [3.05, 3.63) is 54.1 Å². The Kier molecular flexibility index (Phi) is 4.62. The summed E-state index contributed by atoms with van der Waals surface area (Å²) in [5, 5.41) is 11.9. The van der Waals surface area contributed by atoms with Crippen molar-refractivity contribution in [3.63, 3.8) is 0 Å². The Labute approximate surface area is 115 Å². The summed E-state index contributed by atoms with van der Waals surface area (Å²) >= 11 is 0. The Morgan fingerprint density at radius 2 is 2.05 bits per heavy atom. The molecule has 6 heteroatoms. The zero-order valence-corrected chi connectivity index (χ0v) is 10.7. The van der Waals surface area contributed by atoms with Gasteiger partial charge in [0.15, 0.2) is 5.78 Å². The highest BCUT2D eigenvalue weighted by Gasteiger charge is 2.19. The van der Waals surface area contributed by atoms with Crippen LogP contribution in [0.4, 0.5) is 0 Å². The average Bonchev–Trinajstić information content (AvgIpc) is 2.96. The van der Waals surface area contributed by atoms with E-state index >= 15 is 0 Å². The standard InChI is InChI=1S/C14H15N3O3/c18-13(10-4-2-1-3-5-10)8-16-12(14(19)20)6-11-7-15-9-17-11/h1-5,7,9,12,16H,6,8H2,(H,15,17)(H,19,20). The van der Waals surface area contributed by atoms with Gasteiger partial charge >= 0.3 is 5.97 Å². The smallest absolute Gasteiger partial charge is 0.321 e. The Morgan fingerprint density at radius 1 is 1.30 bits per heavy atom. The van der Waals surface area contributed by atoms with Gasteiger partial charge in [0.2, 0.25) is 0 Å². The number of aliphatic carboxylic acids is 1. The zero-order chi connectivity index (χ0) is 14.4. The first-order valence-electron chi connectivity index (χ1n) is 6.19. The number of hydrogen-bond donors (Lipinski definition) is 3. The second kappa shape index (κ2) is 6.63. The number of nitrogens with one attached hydrogen (secondary N) is 2. The van der Waals surface area contributed by atoms with Crippen molar-refractivity contribution in [2.24, 2.45) is 0 Å². The number of Topliss-reactive ketones (excluding diaryl/α,β-unsaturated/α-hetero) is 1. The van der Waals surface area contributed by atoms with E-state index < -0.39 is 12.0 Å². The third-order valence-electron chi connectivity index (χ3n) is 2.87. The van der Waals surface area contributed by atoms with Crippen LogP contribution in [0, 0.1) is 0 Å². The summed E-state index contributed by atoms with van der Waals surface area (Å²) in [6.45, 7) is -0.0224. The van der Waals surface area contributed by atoms with Crippen LogP contribution in [-0.4, -0.2) is 39.4 Å².